The molecule has 0 fully saturated rings. The van der Waals surface area contributed by atoms with E-state index in [1.807, 2.05) is 6.92 Å². The molecular formula is C22H34F6O2. The van der Waals surface area contributed by atoms with E-state index in [4.69, 9.17) is 0 Å². The molecule has 0 aromatic rings. The predicted octanol–water partition coefficient (Wildman–Crippen LogP) is 8.06. The highest BCUT2D eigenvalue weighted by Gasteiger charge is 2.38. The summed E-state index contributed by atoms with van der Waals surface area (Å²) >= 11 is 0. The molecule has 0 aliphatic rings. The molecule has 0 aliphatic carbocycles. The lowest BCUT2D eigenvalue weighted by Crippen LogP contribution is -2.39. The van der Waals surface area contributed by atoms with Gasteiger partial charge in [-0.15, -0.1) is 0 Å². The Labute approximate surface area is 176 Å². The molecule has 0 atom stereocenters. The number of hydrogen-bond acceptors (Lipinski definition) is 2. The van der Waals surface area contributed by atoms with Gasteiger partial charge in [0, 0.05) is 6.42 Å². The summed E-state index contributed by atoms with van der Waals surface area (Å²) in [6.45, 7) is 5.84. The Bertz CT molecular complexity index is 563. The van der Waals surface area contributed by atoms with Crippen LogP contribution in [0, 0.1) is 0 Å². The molecule has 0 N–H and O–H groups in total. The Morgan fingerprint density at radius 2 is 1.07 bits per heavy atom. The van der Waals surface area contributed by atoms with Crippen molar-refractivity contribution in [2.45, 2.75) is 91.3 Å². The summed E-state index contributed by atoms with van der Waals surface area (Å²) in [4.78, 5) is 0. The summed E-state index contributed by atoms with van der Waals surface area (Å²) in [5.41, 5.74) is 3.58. The third-order valence-corrected chi connectivity index (χ3v) is 4.30. The van der Waals surface area contributed by atoms with Crippen LogP contribution in [0.2, 0.25) is 0 Å². The van der Waals surface area contributed by atoms with Crippen LogP contribution >= 0.6 is 0 Å². The van der Waals surface area contributed by atoms with Crippen molar-refractivity contribution in [1.29, 1.82) is 0 Å². The normalized spacial score (nSPS) is 14.2. The van der Waals surface area contributed by atoms with Gasteiger partial charge in [0.15, 0.2) is 5.79 Å². The Kier molecular flexibility index (Phi) is 12.6. The van der Waals surface area contributed by atoms with Gasteiger partial charge in [0.2, 0.25) is 0 Å². The summed E-state index contributed by atoms with van der Waals surface area (Å²) < 4.78 is 83.7. The third-order valence-electron chi connectivity index (χ3n) is 4.30. The fourth-order valence-electron chi connectivity index (χ4n) is 2.57. The maximum atomic E-state index is 12.4. The van der Waals surface area contributed by atoms with Crippen LogP contribution < -0.4 is 0 Å². The second kappa shape index (κ2) is 13.2. The molecule has 30 heavy (non-hydrogen) atoms. The zero-order valence-corrected chi connectivity index (χ0v) is 18.5. The number of alkyl halides is 6. The molecule has 0 spiro atoms. The molecule has 0 aromatic heterocycles. The van der Waals surface area contributed by atoms with Crippen molar-refractivity contribution in [3.63, 3.8) is 0 Å². The van der Waals surface area contributed by atoms with Crippen LogP contribution in [0.4, 0.5) is 26.3 Å². The van der Waals surface area contributed by atoms with E-state index in [1.165, 1.54) is 11.1 Å². The Hall–Kier alpha value is -1.28. The lowest BCUT2D eigenvalue weighted by Gasteiger charge is -2.30. The highest BCUT2D eigenvalue weighted by molar-refractivity contribution is 5.05. The number of rotatable bonds is 13. The number of ether oxygens (including phenoxy) is 2. The first-order valence-electron chi connectivity index (χ1n) is 9.98. The van der Waals surface area contributed by atoms with E-state index in [0.717, 1.165) is 38.2 Å². The lowest BCUT2D eigenvalue weighted by molar-refractivity contribution is -0.305. The van der Waals surface area contributed by atoms with Gasteiger partial charge in [-0.3, -0.25) is 0 Å². The second-order valence-corrected chi connectivity index (χ2v) is 7.94. The lowest BCUT2D eigenvalue weighted by atomic mass is 10.0. The van der Waals surface area contributed by atoms with Crippen LogP contribution in [0.5, 0.6) is 0 Å². The number of hydrogen-bond donors (Lipinski definition) is 0. The second-order valence-electron chi connectivity index (χ2n) is 7.94. The van der Waals surface area contributed by atoms with Gasteiger partial charge in [0.1, 0.15) is 13.2 Å². The molecule has 0 heterocycles. The Balaban J connectivity index is 4.62. The highest BCUT2D eigenvalue weighted by Crippen LogP contribution is 2.28. The van der Waals surface area contributed by atoms with E-state index in [1.54, 1.807) is 6.08 Å². The van der Waals surface area contributed by atoms with Gasteiger partial charge < -0.3 is 9.47 Å². The van der Waals surface area contributed by atoms with Crippen molar-refractivity contribution >= 4 is 0 Å². The summed E-state index contributed by atoms with van der Waals surface area (Å²) in [5.74, 6) is -1.97. The SMILES string of the molecule is CC(C)=CCC/C(C)=C/CC/C(C)=C/CCC(C)(OCC(F)(F)F)OCC(F)(F)F. The van der Waals surface area contributed by atoms with Crippen molar-refractivity contribution in [3.8, 4) is 0 Å². The average Bonchev–Trinajstić information content (AvgIpc) is 2.57. The summed E-state index contributed by atoms with van der Waals surface area (Å²) in [5, 5.41) is 0. The van der Waals surface area contributed by atoms with Crippen molar-refractivity contribution in [3.05, 3.63) is 34.9 Å². The molecule has 0 saturated carbocycles. The van der Waals surface area contributed by atoms with Crippen LogP contribution in [0.15, 0.2) is 34.9 Å². The van der Waals surface area contributed by atoms with Crippen LogP contribution in [0.3, 0.4) is 0 Å². The van der Waals surface area contributed by atoms with E-state index in [0.29, 0.717) is 0 Å². The molecule has 0 saturated heterocycles. The van der Waals surface area contributed by atoms with Gasteiger partial charge >= 0.3 is 12.4 Å². The molecule has 0 rings (SSSR count). The average molecular weight is 445 g/mol. The van der Waals surface area contributed by atoms with E-state index >= 15 is 0 Å². The monoisotopic (exact) mass is 444 g/mol. The molecule has 176 valence electrons. The fourth-order valence-corrected chi connectivity index (χ4v) is 2.57. The van der Waals surface area contributed by atoms with E-state index in [9.17, 15) is 26.3 Å². The highest BCUT2D eigenvalue weighted by atomic mass is 19.4. The van der Waals surface area contributed by atoms with E-state index in [-0.39, 0.29) is 12.8 Å². The first-order chi connectivity index (χ1) is 13.6. The molecule has 0 radical (unpaired) electrons. The van der Waals surface area contributed by atoms with Gasteiger partial charge in [-0.25, -0.2) is 0 Å². The molecule has 2 nitrogen and oxygen atoms in total. The van der Waals surface area contributed by atoms with Crippen LogP contribution in [0.25, 0.3) is 0 Å². The fraction of sp³-hybridized carbons (Fsp3) is 0.727. The van der Waals surface area contributed by atoms with Crippen LogP contribution in [-0.4, -0.2) is 31.4 Å². The molecule has 0 bridgehead atoms. The van der Waals surface area contributed by atoms with E-state index < -0.39 is 31.4 Å². The van der Waals surface area contributed by atoms with Crippen LogP contribution in [-0.2, 0) is 9.47 Å². The third kappa shape index (κ3) is 17.6. The van der Waals surface area contributed by atoms with Crippen LogP contribution in [0.1, 0.15) is 73.1 Å². The largest absolute Gasteiger partial charge is 0.411 e. The number of allylic oxidation sites excluding steroid dienone is 6. The zero-order valence-electron chi connectivity index (χ0n) is 18.5. The van der Waals surface area contributed by atoms with Gasteiger partial charge in [-0.05, 0) is 66.7 Å². The predicted molar refractivity (Wildman–Crippen MR) is 107 cm³/mol. The smallest absolute Gasteiger partial charge is 0.341 e. The van der Waals surface area contributed by atoms with Gasteiger partial charge in [0.25, 0.3) is 0 Å². The van der Waals surface area contributed by atoms with Gasteiger partial charge in [-0.1, -0.05) is 34.9 Å². The minimum absolute atomic E-state index is 0.117. The molecular weight excluding hydrogens is 410 g/mol. The molecule has 0 aliphatic heterocycles. The quantitative estimate of drug-likeness (QED) is 0.162. The summed E-state index contributed by atoms with van der Waals surface area (Å²) in [6, 6.07) is 0. The maximum Gasteiger partial charge on any atom is 0.411 e. The maximum absolute atomic E-state index is 12.4. The first-order valence-corrected chi connectivity index (χ1v) is 9.98. The Morgan fingerprint density at radius 3 is 1.47 bits per heavy atom. The van der Waals surface area contributed by atoms with Crippen molar-refractivity contribution in [2.75, 3.05) is 13.2 Å². The zero-order chi connectivity index (χ0) is 23.4. The van der Waals surface area contributed by atoms with Gasteiger partial charge in [0.05, 0.1) is 0 Å². The number of halogens is 6. The molecule has 0 amide bonds. The van der Waals surface area contributed by atoms with Gasteiger partial charge in [-0.2, -0.15) is 26.3 Å². The molecule has 8 heteroatoms. The molecule has 0 aromatic carbocycles. The van der Waals surface area contributed by atoms with Crippen molar-refractivity contribution < 1.29 is 35.8 Å². The first kappa shape index (κ1) is 28.7. The van der Waals surface area contributed by atoms with E-state index in [2.05, 4.69) is 42.4 Å². The molecule has 0 unspecified atom stereocenters. The minimum Gasteiger partial charge on any atom is -0.341 e. The summed E-state index contributed by atoms with van der Waals surface area (Å²) in [6.07, 6.45) is 0.551. The van der Waals surface area contributed by atoms with Crippen molar-refractivity contribution in [1.82, 2.24) is 0 Å². The summed E-state index contributed by atoms with van der Waals surface area (Å²) in [7, 11) is 0. The van der Waals surface area contributed by atoms with Crippen molar-refractivity contribution in [2.24, 2.45) is 0 Å². The minimum atomic E-state index is -4.65. The topological polar surface area (TPSA) is 18.5 Å². The standard InChI is InChI=1S/C22H34F6O2/c1-17(2)9-6-10-18(3)11-7-12-19(4)13-8-14-20(5,29-15-21(23,24)25)30-16-22(26,27)28/h9,11,13H,6-8,10,12,14-16H2,1-5H3/b18-11+,19-13+. The Morgan fingerprint density at radius 1 is 0.667 bits per heavy atom.